The number of halogens is 1. The number of carboxylic acids is 1. The molecule has 4 nitrogen and oxygen atoms in total. The van der Waals surface area contributed by atoms with E-state index in [2.05, 4.69) is 20.9 Å². The molecule has 0 saturated heterocycles. The standard InChI is InChI=1S/C12H10BrNO3/c1-6-5-8-9(14-11(6)13)4-3-7(12(15)16)10(8)17-2/h3-5H,1-2H3,(H,15,16). The van der Waals surface area contributed by atoms with Crippen LogP contribution in [0, 0.1) is 6.92 Å². The van der Waals surface area contributed by atoms with Crippen LogP contribution in [0.1, 0.15) is 15.9 Å². The molecular formula is C12H10BrNO3. The number of pyridine rings is 1. The minimum atomic E-state index is -1.01. The van der Waals surface area contributed by atoms with E-state index in [9.17, 15) is 4.79 Å². The van der Waals surface area contributed by atoms with Crippen LogP contribution in [0.3, 0.4) is 0 Å². The fourth-order valence-electron chi connectivity index (χ4n) is 1.68. The van der Waals surface area contributed by atoms with Crippen molar-refractivity contribution in [2.45, 2.75) is 6.92 Å². The summed E-state index contributed by atoms with van der Waals surface area (Å²) in [6, 6.07) is 5.03. The highest BCUT2D eigenvalue weighted by molar-refractivity contribution is 9.10. The molecule has 5 heteroatoms. The van der Waals surface area contributed by atoms with Crippen LogP contribution >= 0.6 is 15.9 Å². The number of carboxylic acid groups (broad SMARTS) is 1. The molecule has 1 aromatic carbocycles. The van der Waals surface area contributed by atoms with Crippen molar-refractivity contribution in [3.8, 4) is 5.75 Å². The summed E-state index contributed by atoms with van der Waals surface area (Å²) < 4.78 is 5.92. The molecule has 0 spiro atoms. The average Bonchev–Trinajstić information content (AvgIpc) is 2.29. The predicted molar refractivity (Wildman–Crippen MR) is 67.7 cm³/mol. The molecule has 0 bridgehead atoms. The fourth-order valence-corrected chi connectivity index (χ4v) is 1.99. The lowest BCUT2D eigenvalue weighted by molar-refractivity contribution is 0.0693. The zero-order valence-electron chi connectivity index (χ0n) is 9.32. The molecule has 0 aliphatic carbocycles. The second kappa shape index (κ2) is 4.33. The van der Waals surface area contributed by atoms with Gasteiger partial charge in [0.05, 0.1) is 12.6 Å². The monoisotopic (exact) mass is 295 g/mol. The van der Waals surface area contributed by atoms with Gasteiger partial charge >= 0.3 is 5.97 Å². The van der Waals surface area contributed by atoms with Crippen LogP contribution in [0.5, 0.6) is 5.75 Å². The number of aromatic carboxylic acids is 1. The van der Waals surface area contributed by atoms with Crippen LogP contribution in [-0.2, 0) is 0 Å². The van der Waals surface area contributed by atoms with Gasteiger partial charge in [-0.05, 0) is 46.6 Å². The van der Waals surface area contributed by atoms with Crippen molar-refractivity contribution in [2.24, 2.45) is 0 Å². The number of hydrogen-bond acceptors (Lipinski definition) is 3. The number of aryl methyl sites for hydroxylation is 1. The molecule has 1 aromatic heterocycles. The van der Waals surface area contributed by atoms with Crippen molar-refractivity contribution >= 4 is 32.8 Å². The Morgan fingerprint density at radius 3 is 2.76 bits per heavy atom. The normalized spacial score (nSPS) is 10.5. The molecule has 1 N–H and O–H groups in total. The summed E-state index contributed by atoms with van der Waals surface area (Å²) in [6.07, 6.45) is 0. The summed E-state index contributed by atoms with van der Waals surface area (Å²) >= 11 is 3.34. The molecule has 2 rings (SSSR count). The Morgan fingerprint density at radius 1 is 1.47 bits per heavy atom. The van der Waals surface area contributed by atoms with Gasteiger partial charge in [-0.3, -0.25) is 0 Å². The highest BCUT2D eigenvalue weighted by atomic mass is 79.9. The summed E-state index contributed by atoms with van der Waals surface area (Å²) in [4.78, 5) is 15.4. The first-order chi connectivity index (χ1) is 8.04. The second-order valence-corrected chi connectivity index (χ2v) is 4.37. The zero-order chi connectivity index (χ0) is 12.6. The van der Waals surface area contributed by atoms with Gasteiger partial charge in [-0.1, -0.05) is 0 Å². The lowest BCUT2D eigenvalue weighted by Crippen LogP contribution is -2.01. The number of fused-ring (bicyclic) bond motifs is 1. The lowest BCUT2D eigenvalue weighted by atomic mass is 10.1. The van der Waals surface area contributed by atoms with Gasteiger partial charge in [0.1, 0.15) is 15.9 Å². The van der Waals surface area contributed by atoms with Crippen LogP contribution in [0.2, 0.25) is 0 Å². The van der Waals surface area contributed by atoms with E-state index in [0.29, 0.717) is 16.7 Å². The summed E-state index contributed by atoms with van der Waals surface area (Å²) in [7, 11) is 1.46. The van der Waals surface area contributed by atoms with E-state index in [4.69, 9.17) is 9.84 Å². The Hall–Kier alpha value is -1.62. The third kappa shape index (κ3) is 1.98. The maximum Gasteiger partial charge on any atom is 0.339 e. The molecule has 2 aromatic rings. The van der Waals surface area contributed by atoms with E-state index in [-0.39, 0.29) is 5.56 Å². The van der Waals surface area contributed by atoms with Crippen LogP contribution < -0.4 is 4.74 Å². The van der Waals surface area contributed by atoms with Crippen molar-refractivity contribution in [2.75, 3.05) is 7.11 Å². The average molecular weight is 296 g/mol. The van der Waals surface area contributed by atoms with E-state index in [1.54, 1.807) is 6.07 Å². The first-order valence-corrected chi connectivity index (χ1v) is 5.71. The molecule has 0 saturated carbocycles. The van der Waals surface area contributed by atoms with Gasteiger partial charge in [0, 0.05) is 5.39 Å². The Labute approximate surface area is 106 Å². The van der Waals surface area contributed by atoms with E-state index in [1.807, 2.05) is 13.0 Å². The molecule has 17 heavy (non-hydrogen) atoms. The summed E-state index contributed by atoms with van der Waals surface area (Å²) in [5.74, 6) is -0.664. The van der Waals surface area contributed by atoms with E-state index in [1.165, 1.54) is 13.2 Å². The maximum absolute atomic E-state index is 11.1. The Balaban J connectivity index is 2.85. The number of methoxy groups -OCH3 is 1. The topological polar surface area (TPSA) is 59.4 Å². The zero-order valence-corrected chi connectivity index (χ0v) is 10.9. The first-order valence-electron chi connectivity index (χ1n) is 4.91. The molecule has 0 aliphatic rings. The number of nitrogens with zero attached hydrogens (tertiary/aromatic N) is 1. The maximum atomic E-state index is 11.1. The third-order valence-electron chi connectivity index (χ3n) is 2.51. The van der Waals surface area contributed by atoms with E-state index < -0.39 is 5.97 Å². The number of rotatable bonds is 2. The van der Waals surface area contributed by atoms with Crippen molar-refractivity contribution in [3.05, 3.63) is 33.9 Å². The molecule has 0 amide bonds. The molecule has 0 unspecified atom stereocenters. The molecule has 1 heterocycles. The molecule has 88 valence electrons. The SMILES string of the molecule is COc1c(C(=O)O)ccc2nc(Br)c(C)cc12. The lowest BCUT2D eigenvalue weighted by Gasteiger charge is -2.09. The molecule has 0 atom stereocenters. The Morgan fingerprint density at radius 2 is 2.18 bits per heavy atom. The molecule has 0 radical (unpaired) electrons. The molecule has 0 aliphatic heterocycles. The van der Waals surface area contributed by atoms with Crippen molar-refractivity contribution < 1.29 is 14.6 Å². The van der Waals surface area contributed by atoms with Crippen molar-refractivity contribution in [1.29, 1.82) is 0 Å². The number of aromatic nitrogens is 1. The number of benzene rings is 1. The quantitative estimate of drug-likeness (QED) is 0.865. The largest absolute Gasteiger partial charge is 0.495 e. The van der Waals surface area contributed by atoms with E-state index in [0.717, 1.165) is 10.2 Å². The first kappa shape index (κ1) is 11.9. The summed E-state index contributed by atoms with van der Waals surface area (Å²) in [6.45, 7) is 1.89. The molecular weight excluding hydrogens is 286 g/mol. The van der Waals surface area contributed by atoms with Crippen LogP contribution in [0.4, 0.5) is 0 Å². The summed E-state index contributed by atoms with van der Waals surface area (Å²) in [5.41, 5.74) is 1.77. The van der Waals surface area contributed by atoms with E-state index >= 15 is 0 Å². The van der Waals surface area contributed by atoms with Gasteiger partial charge in [0.25, 0.3) is 0 Å². The highest BCUT2D eigenvalue weighted by Crippen LogP contribution is 2.31. The Bertz CT molecular complexity index is 610. The van der Waals surface area contributed by atoms with Crippen molar-refractivity contribution in [1.82, 2.24) is 4.98 Å². The van der Waals surface area contributed by atoms with Gasteiger partial charge in [-0.15, -0.1) is 0 Å². The van der Waals surface area contributed by atoms with Gasteiger partial charge in [-0.2, -0.15) is 0 Å². The fraction of sp³-hybridized carbons (Fsp3) is 0.167. The summed E-state index contributed by atoms with van der Waals surface area (Å²) in [5, 5.41) is 9.77. The second-order valence-electron chi connectivity index (χ2n) is 3.61. The number of carbonyl (C=O) groups is 1. The van der Waals surface area contributed by atoms with Gasteiger partial charge in [-0.25, -0.2) is 9.78 Å². The Kier molecular flexibility index (Phi) is 3.02. The smallest absolute Gasteiger partial charge is 0.339 e. The minimum absolute atomic E-state index is 0.142. The molecule has 0 fully saturated rings. The van der Waals surface area contributed by atoms with Gasteiger partial charge < -0.3 is 9.84 Å². The van der Waals surface area contributed by atoms with Crippen LogP contribution in [0.15, 0.2) is 22.8 Å². The number of hydrogen-bond donors (Lipinski definition) is 1. The van der Waals surface area contributed by atoms with Gasteiger partial charge in [0.15, 0.2) is 0 Å². The van der Waals surface area contributed by atoms with Gasteiger partial charge in [0.2, 0.25) is 0 Å². The van der Waals surface area contributed by atoms with Crippen molar-refractivity contribution in [3.63, 3.8) is 0 Å². The van der Waals surface area contributed by atoms with Crippen LogP contribution in [0.25, 0.3) is 10.9 Å². The predicted octanol–water partition coefficient (Wildman–Crippen LogP) is 3.01. The van der Waals surface area contributed by atoms with Crippen LogP contribution in [-0.4, -0.2) is 23.2 Å². The minimum Gasteiger partial charge on any atom is -0.495 e. The number of ether oxygens (including phenoxy) is 1. The highest BCUT2D eigenvalue weighted by Gasteiger charge is 2.15. The third-order valence-corrected chi connectivity index (χ3v) is 3.32.